The molecule has 2 aliphatic heterocycles. The maximum absolute atomic E-state index is 13.3. The Balaban J connectivity index is 1.24. The number of fused-ring (bicyclic) bond motifs is 1. The Labute approximate surface area is 265 Å². The summed E-state index contributed by atoms with van der Waals surface area (Å²) >= 11 is 0. The van der Waals surface area contributed by atoms with E-state index in [1.165, 1.54) is 5.56 Å². The maximum atomic E-state index is 13.3. The maximum Gasteiger partial charge on any atom is 0.252 e. The molecule has 2 aliphatic rings. The number of benzene rings is 3. The molecule has 0 unspecified atom stereocenters. The van der Waals surface area contributed by atoms with Gasteiger partial charge in [0.05, 0.1) is 18.4 Å². The highest BCUT2D eigenvalue weighted by Gasteiger charge is 2.30. The Bertz CT molecular complexity index is 1630. The lowest BCUT2D eigenvalue weighted by Gasteiger charge is -2.40. The van der Waals surface area contributed by atoms with Crippen molar-refractivity contribution < 1.29 is 14.3 Å². The van der Waals surface area contributed by atoms with E-state index in [1.54, 1.807) is 13.3 Å². The number of para-hydroxylation sites is 1. The van der Waals surface area contributed by atoms with Crippen LogP contribution in [0.1, 0.15) is 52.0 Å². The van der Waals surface area contributed by atoms with Gasteiger partial charge in [0.15, 0.2) is 0 Å². The molecule has 2 amide bonds. The average molecular weight is 607 g/mol. The molecule has 1 aromatic heterocycles. The summed E-state index contributed by atoms with van der Waals surface area (Å²) in [5, 5.41) is 4.06. The Morgan fingerprint density at radius 2 is 1.64 bits per heavy atom. The molecule has 0 bridgehead atoms. The number of methoxy groups -OCH3 is 1. The third-order valence-corrected chi connectivity index (χ3v) is 9.19. The summed E-state index contributed by atoms with van der Waals surface area (Å²) in [6, 6.07) is 24.2. The molecule has 4 aromatic rings. The van der Waals surface area contributed by atoms with Crippen LogP contribution >= 0.6 is 0 Å². The molecule has 234 valence electrons. The highest BCUT2D eigenvalue weighted by Crippen LogP contribution is 2.40. The fraction of sp³-hybridized carbons (Fsp3) is 0.361. The molecule has 6 rings (SSSR count). The second kappa shape index (κ2) is 13.7. The number of carbonyl (C=O) groups is 2. The molecule has 9 nitrogen and oxygen atoms in total. The Morgan fingerprint density at radius 3 is 2.31 bits per heavy atom. The smallest absolute Gasteiger partial charge is 0.252 e. The summed E-state index contributed by atoms with van der Waals surface area (Å²) in [6.07, 6.45) is 5.23. The Morgan fingerprint density at radius 1 is 0.933 bits per heavy atom. The first kappa shape index (κ1) is 30.6. The number of nitrogens with one attached hydrogen (secondary N) is 1. The first-order valence-corrected chi connectivity index (χ1v) is 15.8. The van der Waals surface area contributed by atoms with Gasteiger partial charge in [-0.15, -0.1) is 0 Å². The second-order valence-corrected chi connectivity index (χ2v) is 12.2. The van der Waals surface area contributed by atoms with Crippen molar-refractivity contribution in [3.63, 3.8) is 0 Å². The fourth-order valence-corrected chi connectivity index (χ4v) is 6.68. The standard InChI is InChI=1S/C36H42N6O3/c1-40-19-17-29(18-20-40)42(34-30-9-6-10-32(45-2)33(30)38-23-31(34)35(37)43)28-13-11-26(12-14-28)36(44)39-27-15-21-41(22-16-27)24-25-7-4-3-5-8-25/h3-14,23,27,29H,15-22,24H2,1-2H3,(H2,37,43)(H,39,44). The summed E-state index contributed by atoms with van der Waals surface area (Å²) in [7, 11) is 3.74. The van der Waals surface area contributed by atoms with E-state index in [-0.39, 0.29) is 18.0 Å². The molecule has 3 aromatic carbocycles. The number of hydrogen-bond acceptors (Lipinski definition) is 7. The predicted molar refractivity (Wildman–Crippen MR) is 178 cm³/mol. The Hall–Kier alpha value is -4.47. The summed E-state index contributed by atoms with van der Waals surface area (Å²) < 4.78 is 5.61. The number of rotatable bonds is 9. The third kappa shape index (κ3) is 6.79. The highest BCUT2D eigenvalue weighted by molar-refractivity contribution is 6.09. The monoisotopic (exact) mass is 606 g/mol. The van der Waals surface area contributed by atoms with E-state index in [4.69, 9.17) is 10.5 Å². The van der Waals surface area contributed by atoms with Gasteiger partial charge < -0.3 is 25.6 Å². The average Bonchev–Trinajstić information content (AvgIpc) is 3.07. The van der Waals surface area contributed by atoms with Crippen molar-refractivity contribution >= 4 is 34.1 Å². The van der Waals surface area contributed by atoms with Gasteiger partial charge in [-0.1, -0.05) is 42.5 Å². The van der Waals surface area contributed by atoms with Gasteiger partial charge in [0, 0.05) is 54.6 Å². The molecule has 3 heterocycles. The molecule has 9 heteroatoms. The van der Waals surface area contributed by atoms with Crippen molar-refractivity contribution in [2.75, 3.05) is 45.2 Å². The van der Waals surface area contributed by atoms with Crippen LogP contribution in [0.5, 0.6) is 5.75 Å². The number of hydrogen-bond donors (Lipinski definition) is 2. The van der Waals surface area contributed by atoms with Gasteiger partial charge >= 0.3 is 0 Å². The molecular weight excluding hydrogens is 564 g/mol. The first-order chi connectivity index (χ1) is 21.9. The topological polar surface area (TPSA) is 104 Å². The van der Waals surface area contributed by atoms with Crippen molar-refractivity contribution in [2.24, 2.45) is 5.73 Å². The van der Waals surface area contributed by atoms with Crippen LogP contribution in [0.4, 0.5) is 11.4 Å². The number of ether oxygens (including phenoxy) is 1. The molecule has 2 saturated heterocycles. The van der Waals surface area contributed by atoms with E-state index >= 15 is 0 Å². The fourth-order valence-electron chi connectivity index (χ4n) is 6.68. The van der Waals surface area contributed by atoms with Crippen LogP contribution in [0.25, 0.3) is 10.9 Å². The van der Waals surface area contributed by atoms with Crippen molar-refractivity contribution in [1.29, 1.82) is 0 Å². The number of amides is 2. The predicted octanol–water partition coefficient (Wildman–Crippen LogP) is 4.97. The SMILES string of the molecule is COc1cccc2c(N(c3ccc(C(=O)NC4CCN(Cc5ccccc5)CC4)cc3)C3CCN(C)CC3)c(C(N)=O)cnc12. The van der Waals surface area contributed by atoms with E-state index in [0.717, 1.165) is 75.2 Å². The van der Waals surface area contributed by atoms with Crippen LogP contribution in [0.3, 0.4) is 0 Å². The summed E-state index contributed by atoms with van der Waals surface area (Å²) in [4.78, 5) is 37.7. The molecule has 0 atom stereocenters. The van der Waals surface area contributed by atoms with Gasteiger partial charge in [-0.25, -0.2) is 0 Å². The van der Waals surface area contributed by atoms with Crippen LogP contribution in [0.15, 0.2) is 79.0 Å². The number of nitrogens with zero attached hydrogens (tertiary/aromatic N) is 4. The minimum absolute atomic E-state index is 0.0641. The van der Waals surface area contributed by atoms with Crippen LogP contribution < -0.4 is 20.7 Å². The number of likely N-dealkylation sites (tertiary alicyclic amines) is 2. The van der Waals surface area contributed by atoms with Crippen LogP contribution in [0.2, 0.25) is 0 Å². The Kier molecular flexibility index (Phi) is 9.28. The molecule has 3 N–H and O–H groups in total. The number of piperidine rings is 2. The molecule has 0 radical (unpaired) electrons. The van der Waals surface area contributed by atoms with E-state index in [2.05, 4.69) is 56.3 Å². The number of nitrogens with two attached hydrogens (primary N) is 1. The van der Waals surface area contributed by atoms with Crippen LogP contribution in [-0.2, 0) is 6.54 Å². The van der Waals surface area contributed by atoms with Gasteiger partial charge in [0.25, 0.3) is 11.8 Å². The minimum atomic E-state index is -0.536. The molecular formula is C36H42N6O3. The molecule has 0 aliphatic carbocycles. The number of pyridine rings is 1. The zero-order chi connectivity index (χ0) is 31.3. The van der Waals surface area contributed by atoms with Gasteiger partial charge in [-0.3, -0.25) is 19.5 Å². The minimum Gasteiger partial charge on any atom is -0.494 e. The summed E-state index contributed by atoms with van der Waals surface area (Å²) in [6.45, 7) is 4.72. The van der Waals surface area contributed by atoms with Crippen molar-refractivity contribution in [3.05, 3.63) is 95.7 Å². The summed E-state index contributed by atoms with van der Waals surface area (Å²) in [5.41, 5.74) is 10.5. The second-order valence-electron chi connectivity index (χ2n) is 12.2. The number of carbonyl (C=O) groups excluding carboxylic acids is 2. The van der Waals surface area contributed by atoms with Crippen molar-refractivity contribution in [2.45, 2.75) is 44.3 Å². The quantitative estimate of drug-likeness (QED) is 0.277. The molecule has 0 saturated carbocycles. The van der Waals surface area contributed by atoms with Crippen LogP contribution in [-0.4, -0.2) is 79.0 Å². The zero-order valence-electron chi connectivity index (χ0n) is 26.1. The first-order valence-electron chi connectivity index (χ1n) is 15.8. The third-order valence-electron chi connectivity index (χ3n) is 9.19. The molecule has 45 heavy (non-hydrogen) atoms. The van der Waals surface area contributed by atoms with Gasteiger partial charge in [-0.05, 0) is 81.7 Å². The van der Waals surface area contributed by atoms with E-state index < -0.39 is 5.91 Å². The summed E-state index contributed by atoms with van der Waals surface area (Å²) in [5.74, 6) is 0.0304. The molecule has 0 spiro atoms. The largest absolute Gasteiger partial charge is 0.494 e. The van der Waals surface area contributed by atoms with Crippen molar-refractivity contribution in [3.8, 4) is 5.75 Å². The number of primary amides is 1. The highest BCUT2D eigenvalue weighted by atomic mass is 16.5. The molecule has 2 fully saturated rings. The van der Waals surface area contributed by atoms with Gasteiger partial charge in [0.1, 0.15) is 11.3 Å². The van der Waals surface area contributed by atoms with Crippen molar-refractivity contribution in [1.82, 2.24) is 20.1 Å². The van der Waals surface area contributed by atoms with Crippen LogP contribution in [0, 0.1) is 0 Å². The van der Waals surface area contributed by atoms with Gasteiger partial charge in [-0.2, -0.15) is 0 Å². The van der Waals surface area contributed by atoms with Gasteiger partial charge in [0.2, 0.25) is 0 Å². The van der Waals surface area contributed by atoms with E-state index in [9.17, 15) is 9.59 Å². The lowest BCUT2D eigenvalue weighted by molar-refractivity contribution is 0.0908. The lowest BCUT2D eigenvalue weighted by Crippen LogP contribution is -2.44. The zero-order valence-corrected chi connectivity index (χ0v) is 26.1. The normalized spacial score (nSPS) is 16.8. The lowest BCUT2D eigenvalue weighted by atomic mass is 9.98. The number of anilines is 2. The van der Waals surface area contributed by atoms with E-state index in [1.807, 2.05) is 48.5 Å². The number of aromatic nitrogens is 1. The van der Waals surface area contributed by atoms with E-state index in [0.29, 0.717) is 22.4 Å².